The van der Waals surface area contributed by atoms with Crippen molar-refractivity contribution in [1.29, 1.82) is 0 Å². The van der Waals surface area contributed by atoms with Crippen LogP contribution in [0.3, 0.4) is 0 Å². The van der Waals surface area contributed by atoms with Gasteiger partial charge in [0.25, 0.3) is 0 Å². The second-order valence-corrected chi connectivity index (χ2v) is 5.86. The summed E-state index contributed by atoms with van der Waals surface area (Å²) in [5.74, 6) is 0.603. The summed E-state index contributed by atoms with van der Waals surface area (Å²) in [7, 11) is 0. The first-order valence-electron chi connectivity index (χ1n) is 7.35. The van der Waals surface area contributed by atoms with Crippen LogP contribution in [-0.4, -0.2) is 34.0 Å². The van der Waals surface area contributed by atoms with Crippen LogP contribution in [0.2, 0.25) is 0 Å². The van der Waals surface area contributed by atoms with E-state index in [2.05, 4.69) is 14.9 Å². The number of nitrogens with zero attached hydrogens (tertiary/aromatic N) is 3. The van der Waals surface area contributed by atoms with Crippen molar-refractivity contribution in [3.8, 4) is 0 Å². The normalized spacial score (nSPS) is 26.6. The van der Waals surface area contributed by atoms with Gasteiger partial charge in [0.05, 0.1) is 11.4 Å². The Hall–Kier alpha value is -0.960. The van der Waals surface area contributed by atoms with Crippen LogP contribution in [0.4, 0.5) is 0 Å². The Labute approximate surface area is 110 Å². The number of aryl methyl sites for hydroxylation is 1. The van der Waals surface area contributed by atoms with Gasteiger partial charge in [0.2, 0.25) is 0 Å². The average Bonchev–Trinajstić information content (AvgIpc) is 2.93. The summed E-state index contributed by atoms with van der Waals surface area (Å²) in [6.07, 6.45) is 12.1. The molecule has 1 saturated carbocycles. The number of aromatic nitrogens is 2. The zero-order chi connectivity index (χ0) is 12.4. The highest BCUT2D eigenvalue weighted by Gasteiger charge is 2.29. The Morgan fingerprint density at radius 2 is 1.94 bits per heavy atom. The molecular weight excluding hydrogens is 222 g/mol. The van der Waals surface area contributed by atoms with Crippen molar-refractivity contribution in [2.45, 2.75) is 57.4 Å². The van der Waals surface area contributed by atoms with Gasteiger partial charge in [-0.25, -0.2) is 0 Å². The maximum atomic E-state index is 4.67. The van der Waals surface area contributed by atoms with Gasteiger partial charge in [0.15, 0.2) is 0 Å². The standard InChI is InChI=1S/C15H23N3/c1-12-9-16-10-15(17-12)13-5-4-8-18(11-13)14-6-2-3-7-14/h9-10,13-14H,2-8,11H2,1H3. The molecule has 0 radical (unpaired) electrons. The van der Waals surface area contributed by atoms with E-state index in [0.29, 0.717) is 5.92 Å². The zero-order valence-electron chi connectivity index (χ0n) is 11.3. The topological polar surface area (TPSA) is 29.0 Å². The number of hydrogen-bond donors (Lipinski definition) is 0. The summed E-state index contributed by atoms with van der Waals surface area (Å²) in [4.78, 5) is 11.7. The summed E-state index contributed by atoms with van der Waals surface area (Å²) in [6, 6.07) is 0.852. The molecule has 1 aliphatic heterocycles. The minimum Gasteiger partial charge on any atom is -0.300 e. The highest BCUT2D eigenvalue weighted by atomic mass is 15.2. The quantitative estimate of drug-likeness (QED) is 0.802. The van der Waals surface area contributed by atoms with Crippen molar-refractivity contribution < 1.29 is 0 Å². The maximum Gasteiger partial charge on any atom is 0.0633 e. The van der Waals surface area contributed by atoms with Gasteiger partial charge in [-0.1, -0.05) is 12.8 Å². The van der Waals surface area contributed by atoms with Crippen LogP contribution in [0.1, 0.15) is 55.8 Å². The highest BCUT2D eigenvalue weighted by Crippen LogP contribution is 2.31. The number of piperidine rings is 1. The van der Waals surface area contributed by atoms with Gasteiger partial charge >= 0.3 is 0 Å². The molecule has 0 spiro atoms. The molecule has 2 aliphatic rings. The summed E-state index contributed by atoms with van der Waals surface area (Å²) < 4.78 is 0. The SMILES string of the molecule is Cc1cncc(C2CCCN(C3CCCC3)C2)n1. The second-order valence-electron chi connectivity index (χ2n) is 5.86. The van der Waals surface area contributed by atoms with Crippen LogP contribution in [0.25, 0.3) is 0 Å². The summed E-state index contributed by atoms with van der Waals surface area (Å²) in [5, 5.41) is 0. The smallest absolute Gasteiger partial charge is 0.0633 e. The van der Waals surface area contributed by atoms with E-state index in [-0.39, 0.29) is 0 Å². The average molecular weight is 245 g/mol. The predicted octanol–water partition coefficient (Wildman–Crippen LogP) is 2.91. The fourth-order valence-electron chi connectivity index (χ4n) is 3.53. The van der Waals surface area contributed by atoms with Crippen LogP contribution in [0.5, 0.6) is 0 Å². The van der Waals surface area contributed by atoms with Crippen LogP contribution < -0.4 is 0 Å². The first kappa shape index (κ1) is 12.1. The third kappa shape index (κ3) is 2.56. The highest BCUT2D eigenvalue weighted by molar-refractivity contribution is 5.09. The molecular formula is C15H23N3. The molecule has 2 fully saturated rings. The molecule has 1 saturated heterocycles. The molecule has 1 unspecified atom stereocenters. The van der Waals surface area contributed by atoms with Crippen molar-refractivity contribution in [3.63, 3.8) is 0 Å². The van der Waals surface area contributed by atoms with Crippen LogP contribution in [-0.2, 0) is 0 Å². The fourth-order valence-corrected chi connectivity index (χ4v) is 3.53. The van der Waals surface area contributed by atoms with Crippen molar-refractivity contribution >= 4 is 0 Å². The van der Waals surface area contributed by atoms with Crippen molar-refractivity contribution in [3.05, 3.63) is 23.8 Å². The van der Waals surface area contributed by atoms with Gasteiger partial charge in [-0.2, -0.15) is 0 Å². The monoisotopic (exact) mass is 245 g/mol. The van der Waals surface area contributed by atoms with E-state index in [1.54, 1.807) is 0 Å². The Kier molecular flexibility index (Phi) is 3.59. The van der Waals surface area contributed by atoms with Gasteiger partial charge < -0.3 is 0 Å². The van der Waals surface area contributed by atoms with Crippen LogP contribution >= 0.6 is 0 Å². The third-order valence-corrected chi connectivity index (χ3v) is 4.49. The molecule has 3 nitrogen and oxygen atoms in total. The van der Waals surface area contributed by atoms with Gasteiger partial charge in [-0.05, 0) is 39.2 Å². The van der Waals surface area contributed by atoms with Gasteiger partial charge in [-0.3, -0.25) is 14.9 Å². The Bertz CT molecular complexity index is 398. The molecule has 2 heterocycles. The van der Waals surface area contributed by atoms with Crippen molar-refractivity contribution in [2.24, 2.45) is 0 Å². The second kappa shape index (κ2) is 5.35. The Morgan fingerprint density at radius 1 is 1.11 bits per heavy atom. The molecule has 3 rings (SSSR count). The zero-order valence-corrected chi connectivity index (χ0v) is 11.3. The van der Waals surface area contributed by atoms with E-state index in [0.717, 1.165) is 11.7 Å². The molecule has 1 aliphatic carbocycles. The van der Waals surface area contributed by atoms with Crippen LogP contribution in [0.15, 0.2) is 12.4 Å². The fraction of sp³-hybridized carbons (Fsp3) is 0.733. The van der Waals surface area contributed by atoms with E-state index in [1.165, 1.54) is 57.3 Å². The van der Waals surface area contributed by atoms with Crippen molar-refractivity contribution in [1.82, 2.24) is 14.9 Å². The first-order chi connectivity index (χ1) is 8.83. The molecule has 1 atom stereocenters. The summed E-state index contributed by atoms with van der Waals surface area (Å²) >= 11 is 0. The number of rotatable bonds is 2. The molecule has 0 aromatic carbocycles. The molecule has 0 bridgehead atoms. The maximum absolute atomic E-state index is 4.67. The summed E-state index contributed by atoms with van der Waals surface area (Å²) in [5.41, 5.74) is 2.25. The molecule has 0 N–H and O–H groups in total. The van der Waals surface area contributed by atoms with E-state index >= 15 is 0 Å². The molecule has 1 aromatic rings. The molecule has 3 heteroatoms. The molecule has 0 amide bonds. The Morgan fingerprint density at radius 3 is 2.72 bits per heavy atom. The van der Waals surface area contributed by atoms with E-state index in [4.69, 9.17) is 0 Å². The first-order valence-corrected chi connectivity index (χ1v) is 7.35. The van der Waals surface area contributed by atoms with Gasteiger partial charge in [0, 0.05) is 30.9 Å². The third-order valence-electron chi connectivity index (χ3n) is 4.49. The van der Waals surface area contributed by atoms with E-state index in [1.807, 2.05) is 19.3 Å². The molecule has 18 heavy (non-hydrogen) atoms. The number of hydrogen-bond acceptors (Lipinski definition) is 3. The lowest BCUT2D eigenvalue weighted by Gasteiger charge is -2.36. The Balaban J connectivity index is 1.69. The predicted molar refractivity (Wildman–Crippen MR) is 72.6 cm³/mol. The molecule has 98 valence electrons. The van der Waals surface area contributed by atoms with Crippen LogP contribution in [0, 0.1) is 6.92 Å². The minimum atomic E-state index is 0.603. The lowest BCUT2D eigenvalue weighted by atomic mass is 9.93. The van der Waals surface area contributed by atoms with Gasteiger partial charge in [0.1, 0.15) is 0 Å². The van der Waals surface area contributed by atoms with E-state index < -0.39 is 0 Å². The van der Waals surface area contributed by atoms with E-state index in [9.17, 15) is 0 Å². The summed E-state index contributed by atoms with van der Waals surface area (Å²) in [6.45, 7) is 4.53. The number of likely N-dealkylation sites (tertiary alicyclic amines) is 1. The van der Waals surface area contributed by atoms with Gasteiger partial charge in [-0.15, -0.1) is 0 Å². The lowest BCUT2D eigenvalue weighted by Crippen LogP contribution is -2.40. The molecule has 1 aromatic heterocycles. The lowest BCUT2D eigenvalue weighted by molar-refractivity contribution is 0.148. The largest absolute Gasteiger partial charge is 0.300 e. The minimum absolute atomic E-state index is 0.603. The van der Waals surface area contributed by atoms with Crippen molar-refractivity contribution in [2.75, 3.05) is 13.1 Å².